The van der Waals surface area contributed by atoms with Gasteiger partial charge in [0.25, 0.3) is 0 Å². The second-order valence-corrected chi connectivity index (χ2v) is 17.3. The molecule has 0 aliphatic rings. The maximum atomic E-state index is 10.4. The fourth-order valence-electron chi connectivity index (χ4n) is 10.3. The Bertz CT molecular complexity index is 4780. The molecule has 10 aromatic carbocycles. The molecule has 5 aromatic heterocycles. The number of para-hydroxylation sites is 6. The second kappa shape index (κ2) is 15.0. The summed E-state index contributed by atoms with van der Waals surface area (Å²) in [5.74, 6) is 0.233. The first-order valence-electron chi connectivity index (χ1n) is 27.1. The summed E-state index contributed by atoms with van der Waals surface area (Å²) in [7, 11) is 0. The SMILES string of the molecule is [2H]c1cccc2c3c([2H])c4c(c([2H])c3n(-c3ccccc3)c12)c1cccc([2H])c1n4-c1nc(-c2ccc(-c3ccccc3)cc2)nc(-n2c3c([2H])cccc3c3c([2H])c4c(c([2H])c32)c2cccc([2H])c2n4-c2ccccc2)n1. The van der Waals surface area contributed by atoms with Crippen LogP contribution in [0.25, 0.3) is 133 Å². The van der Waals surface area contributed by atoms with Gasteiger partial charge in [-0.1, -0.05) is 164 Å². The molecule has 0 amide bonds. The standard InChI is InChI=1S/C63H39N7/c1-4-18-40(19-5-1)41-32-34-42(35-33-41)61-64-62(69-55-30-16-12-26-47(55)51-36-57-49(38-59(51)69)45-24-10-14-28-53(45)67(57)43-20-6-2-7-21-43)66-63(65-61)70-56-31-17-13-27-48(56)52-37-58-50(39-60(52)70)46-25-11-15-29-54(46)68(58)44-22-8-3-9-23-44/h1-39H/i28D,29D,30D,31D,36D,37D,38D,39D. The first-order chi connectivity index (χ1) is 38.1. The molecule has 0 bridgehead atoms. The van der Waals surface area contributed by atoms with Crippen molar-refractivity contribution in [3.05, 3.63) is 236 Å². The number of aromatic nitrogens is 7. The summed E-state index contributed by atoms with van der Waals surface area (Å²) < 4.78 is 86.0. The van der Waals surface area contributed by atoms with E-state index in [0.717, 1.165) is 22.5 Å². The Labute approximate surface area is 412 Å². The molecule has 0 saturated heterocycles. The van der Waals surface area contributed by atoms with E-state index in [-0.39, 0.29) is 77.1 Å². The Balaban J connectivity index is 1.10. The van der Waals surface area contributed by atoms with E-state index >= 15 is 0 Å². The highest BCUT2D eigenvalue weighted by Crippen LogP contribution is 2.42. The van der Waals surface area contributed by atoms with Gasteiger partial charge in [0.2, 0.25) is 11.9 Å². The highest BCUT2D eigenvalue weighted by atomic mass is 15.3. The molecular weight excluding hydrogens is 855 g/mol. The van der Waals surface area contributed by atoms with E-state index in [1.807, 2.05) is 149 Å². The van der Waals surface area contributed by atoms with Gasteiger partial charge in [-0.15, -0.1) is 0 Å². The number of rotatable bonds is 6. The normalized spacial score (nSPS) is 13.6. The molecule has 0 aliphatic heterocycles. The van der Waals surface area contributed by atoms with Crippen LogP contribution in [0.1, 0.15) is 11.0 Å². The maximum absolute atomic E-state index is 10.4. The van der Waals surface area contributed by atoms with Crippen LogP contribution in [-0.2, 0) is 0 Å². The van der Waals surface area contributed by atoms with Gasteiger partial charge in [0, 0.05) is 60.0 Å². The molecule has 0 N–H and O–H groups in total. The molecule has 15 rings (SSSR count). The first-order valence-corrected chi connectivity index (χ1v) is 23.1. The highest BCUT2D eigenvalue weighted by Gasteiger charge is 2.24. The number of benzene rings is 10. The van der Waals surface area contributed by atoms with Crippen molar-refractivity contribution >= 4 is 87.2 Å². The lowest BCUT2D eigenvalue weighted by Crippen LogP contribution is -2.10. The fourth-order valence-corrected chi connectivity index (χ4v) is 10.3. The fraction of sp³-hybridized carbons (Fsp3) is 0. The van der Waals surface area contributed by atoms with Gasteiger partial charge in [0.05, 0.1) is 55.1 Å². The number of nitrogens with zero attached hydrogens (tertiary/aromatic N) is 7. The largest absolute Gasteiger partial charge is 0.309 e. The Morgan fingerprint density at radius 3 is 0.971 bits per heavy atom. The van der Waals surface area contributed by atoms with Crippen LogP contribution in [0, 0.1) is 0 Å². The van der Waals surface area contributed by atoms with Gasteiger partial charge >= 0.3 is 0 Å². The van der Waals surface area contributed by atoms with E-state index < -0.39 is 0 Å². The summed E-state index contributed by atoms with van der Waals surface area (Å²) in [4.78, 5) is 15.8. The molecule has 7 nitrogen and oxygen atoms in total. The van der Waals surface area contributed by atoms with Gasteiger partial charge in [-0.05, 0) is 83.7 Å². The van der Waals surface area contributed by atoms with Crippen molar-refractivity contribution in [2.75, 3.05) is 0 Å². The maximum Gasteiger partial charge on any atom is 0.240 e. The van der Waals surface area contributed by atoms with Gasteiger partial charge in [0.15, 0.2) is 5.82 Å². The predicted molar refractivity (Wildman–Crippen MR) is 288 cm³/mol. The zero-order chi connectivity index (χ0) is 52.8. The summed E-state index contributed by atoms with van der Waals surface area (Å²) in [6.07, 6.45) is 0. The lowest BCUT2D eigenvalue weighted by Gasteiger charge is -2.13. The highest BCUT2D eigenvalue weighted by molar-refractivity contribution is 6.20. The van der Waals surface area contributed by atoms with Crippen molar-refractivity contribution in [2.45, 2.75) is 0 Å². The van der Waals surface area contributed by atoms with Gasteiger partial charge in [-0.3, -0.25) is 9.13 Å². The minimum absolute atomic E-state index is 0.0118. The van der Waals surface area contributed by atoms with Gasteiger partial charge in [-0.2, -0.15) is 15.0 Å². The summed E-state index contributed by atoms with van der Waals surface area (Å²) in [5.41, 5.74) is 7.25. The zero-order valence-corrected chi connectivity index (χ0v) is 37.0. The molecule has 0 spiro atoms. The van der Waals surface area contributed by atoms with E-state index in [1.54, 1.807) is 57.7 Å². The zero-order valence-electron chi connectivity index (χ0n) is 45.0. The van der Waals surface area contributed by atoms with Gasteiger partial charge in [0.1, 0.15) is 0 Å². The molecule has 0 saturated carbocycles. The van der Waals surface area contributed by atoms with Crippen LogP contribution >= 0.6 is 0 Å². The van der Waals surface area contributed by atoms with Gasteiger partial charge < -0.3 is 9.13 Å². The molecular formula is C63H39N7. The molecule has 0 radical (unpaired) electrons. The molecule has 0 aliphatic carbocycles. The number of hydrogen-bond acceptors (Lipinski definition) is 3. The summed E-state index contributed by atoms with van der Waals surface area (Å²) in [5, 5.41) is 3.94. The van der Waals surface area contributed by atoms with E-state index in [9.17, 15) is 11.0 Å². The third kappa shape index (κ3) is 5.66. The summed E-state index contributed by atoms with van der Waals surface area (Å²) >= 11 is 0. The third-order valence-corrected chi connectivity index (χ3v) is 13.4. The van der Waals surface area contributed by atoms with Crippen LogP contribution in [0.15, 0.2) is 236 Å². The van der Waals surface area contributed by atoms with E-state index in [4.69, 9.17) is 15.0 Å². The molecule has 7 heteroatoms. The van der Waals surface area contributed by atoms with Crippen molar-refractivity contribution in [2.24, 2.45) is 0 Å². The van der Waals surface area contributed by atoms with E-state index in [0.29, 0.717) is 81.8 Å². The average Bonchev–Trinajstić information content (AvgIpc) is 4.19. The Morgan fingerprint density at radius 2 is 0.571 bits per heavy atom. The first kappa shape index (κ1) is 31.4. The van der Waals surface area contributed by atoms with Crippen molar-refractivity contribution < 1.29 is 11.0 Å². The molecule has 326 valence electrons. The monoisotopic (exact) mass is 901 g/mol. The van der Waals surface area contributed by atoms with Crippen molar-refractivity contribution in [3.63, 3.8) is 0 Å². The predicted octanol–water partition coefficient (Wildman–Crippen LogP) is 15.6. The van der Waals surface area contributed by atoms with Crippen LogP contribution < -0.4 is 0 Å². The number of fused-ring (bicyclic) bond motifs is 12. The molecule has 5 heterocycles. The quantitative estimate of drug-likeness (QED) is 0.167. The number of hydrogen-bond donors (Lipinski definition) is 0. The Hall–Kier alpha value is -9.59. The molecule has 0 atom stereocenters. The topological polar surface area (TPSA) is 58.4 Å². The van der Waals surface area contributed by atoms with Crippen LogP contribution in [-0.4, -0.2) is 33.2 Å². The van der Waals surface area contributed by atoms with E-state index in [2.05, 4.69) is 0 Å². The van der Waals surface area contributed by atoms with Crippen LogP contribution in [0.2, 0.25) is 0 Å². The van der Waals surface area contributed by atoms with Crippen LogP contribution in [0.4, 0.5) is 0 Å². The Kier molecular flexibility index (Phi) is 6.71. The molecule has 70 heavy (non-hydrogen) atoms. The summed E-state index contributed by atoms with van der Waals surface area (Å²) in [6.45, 7) is 0. The van der Waals surface area contributed by atoms with E-state index in [1.165, 1.54) is 0 Å². The minimum atomic E-state index is 0.0118. The summed E-state index contributed by atoms with van der Waals surface area (Å²) in [6, 6.07) is 59.1. The molecule has 0 unspecified atom stereocenters. The average molecular weight is 902 g/mol. The molecule has 15 aromatic rings. The lowest BCUT2D eigenvalue weighted by atomic mass is 10.0. The second-order valence-electron chi connectivity index (χ2n) is 17.3. The van der Waals surface area contributed by atoms with Crippen LogP contribution in [0.5, 0.6) is 0 Å². The van der Waals surface area contributed by atoms with Gasteiger partial charge in [-0.25, -0.2) is 0 Å². The minimum Gasteiger partial charge on any atom is -0.309 e. The van der Waals surface area contributed by atoms with Crippen molar-refractivity contribution in [3.8, 4) is 45.8 Å². The van der Waals surface area contributed by atoms with Crippen molar-refractivity contribution in [1.82, 2.24) is 33.2 Å². The van der Waals surface area contributed by atoms with Crippen LogP contribution in [0.3, 0.4) is 0 Å². The lowest BCUT2D eigenvalue weighted by molar-refractivity contribution is 0.893. The van der Waals surface area contributed by atoms with Crippen molar-refractivity contribution in [1.29, 1.82) is 0 Å². The molecule has 0 fully saturated rings. The Morgan fingerprint density at radius 1 is 0.257 bits per heavy atom. The smallest absolute Gasteiger partial charge is 0.240 e. The third-order valence-electron chi connectivity index (χ3n) is 13.4.